The average Bonchev–Trinajstić information content (AvgIpc) is 2.60. The zero-order valence-electron chi connectivity index (χ0n) is 10.9. The first-order chi connectivity index (χ1) is 7.79. The fraction of sp³-hybridized carbons (Fsp3) is 0.667. The fourth-order valence-electron chi connectivity index (χ4n) is 1.24. The van der Waals surface area contributed by atoms with Gasteiger partial charge in [-0.15, -0.1) is 11.3 Å². The van der Waals surface area contributed by atoms with E-state index in [0.717, 1.165) is 10.7 Å². The maximum Gasteiger partial charge on any atom is 0.221 e. The van der Waals surface area contributed by atoms with Crippen LogP contribution >= 0.6 is 11.3 Å². The van der Waals surface area contributed by atoms with Gasteiger partial charge in [0.25, 0.3) is 0 Å². The highest BCUT2D eigenvalue weighted by Crippen LogP contribution is 2.19. The zero-order chi connectivity index (χ0) is 13.1. The number of aryl methyl sites for hydroxylation is 1. The van der Waals surface area contributed by atoms with Crippen molar-refractivity contribution in [3.63, 3.8) is 0 Å². The van der Waals surface area contributed by atoms with E-state index in [1.54, 1.807) is 11.3 Å². The number of nitrogens with zero attached hydrogens (tertiary/aromatic N) is 1. The van der Waals surface area contributed by atoms with Gasteiger partial charge in [0.15, 0.2) is 0 Å². The molecule has 0 fully saturated rings. The van der Waals surface area contributed by atoms with Crippen LogP contribution in [0, 0.1) is 12.3 Å². The Morgan fingerprint density at radius 3 is 2.71 bits per heavy atom. The molecule has 0 bridgehead atoms. The molecule has 3 N–H and O–H groups in total. The minimum absolute atomic E-state index is 0.0136. The molecule has 0 aliphatic rings. The topological polar surface area (TPSA) is 68.0 Å². The Bertz CT molecular complexity index is 381. The van der Waals surface area contributed by atoms with Crippen LogP contribution in [0.1, 0.15) is 37.9 Å². The molecular weight excluding hydrogens is 234 g/mol. The summed E-state index contributed by atoms with van der Waals surface area (Å²) in [7, 11) is 0. The van der Waals surface area contributed by atoms with Crippen molar-refractivity contribution in [2.45, 2.75) is 46.7 Å². The highest BCUT2D eigenvalue weighted by atomic mass is 32.1. The van der Waals surface area contributed by atoms with Crippen molar-refractivity contribution in [3.8, 4) is 0 Å². The van der Waals surface area contributed by atoms with Crippen LogP contribution in [0.25, 0.3) is 0 Å². The van der Waals surface area contributed by atoms with Gasteiger partial charge in [0.2, 0.25) is 5.91 Å². The van der Waals surface area contributed by atoms with Crippen LogP contribution in [0.3, 0.4) is 0 Å². The number of carbonyl (C=O) groups excluding carboxylic acids is 1. The summed E-state index contributed by atoms with van der Waals surface area (Å²) >= 11 is 1.56. The average molecular weight is 255 g/mol. The summed E-state index contributed by atoms with van der Waals surface area (Å²) in [6, 6.07) is -0.125. The van der Waals surface area contributed by atoms with Crippen molar-refractivity contribution in [2.75, 3.05) is 0 Å². The summed E-state index contributed by atoms with van der Waals surface area (Å²) in [6.45, 7) is 8.55. The van der Waals surface area contributed by atoms with Crippen molar-refractivity contribution in [1.82, 2.24) is 10.3 Å². The largest absolute Gasteiger partial charge is 0.350 e. The lowest BCUT2D eigenvalue weighted by molar-refractivity contribution is -0.122. The summed E-state index contributed by atoms with van der Waals surface area (Å²) in [5.41, 5.74) is 6.90. The van der Waals surface area contributed by atoms with Crippen molar-refractivity contribution in [1.29, 1.82) is 0 Å². The Morgan fingerprint density at radius 1 is 1.59 bits per heavy atom. The summed E-state index contributed by atoms with van der Waals surface area (Å²) in [6.07, 6.45) is 0.355. The number of nitrogens with two attached hydrogens (primary N) is 1. The lowest BCUT2D eigenvalue weighted by Crippen LogP contribution is -2.40. The minimum Gasteiger partial charge on any atom is -0.350 e. The number of nitrogens with one attached hydrogen (secondary N) is 1. The van der Waals surface area contributed by atoms with E-state index in [1.807, 2.05) is 33.1 Å². The number of rotatable bonds is 4. The van der Waals surface area contributed by atoms with Gasteiger partial charge in [0, 0.05) is 23.5 Å². The maximum atomic E-state index is 11.7. The monoisotopic (exact) mass is 255 g/mol. The predicted molar refractivity (Wildman–Crippen MR) is 70.7 cm³/mol. The lowest BCUT2D eigenvalue weighted by Gasteiger charge is -2.26. The molecule has 17 heavy (non-hydrogen) atoms. The summed E-state index contributed by atoms with van der Waals surface area (Å²) in [4.78, 5) is 15.9. The Labute approximate surface area is 107 Å². The number of hydrogen-bond acceptors (Lipinski definition) is 4. The quantitative estimate of drug-likeness (QED) is 0.862. The predicted octanol–water partition coefficient (Wildman–Crippen LogP) is 1.83. The lowest BCUT2D eigenvalue weighted by atomic mass is 9.85. The van der Waals surface area contributed by atoms with Gasteiger partial charge in [-0.25, -0.2) is 4.98 Å². The molecule has 1 aromatic rings. The SMILES string of the molecule is Cc1csc(CNC(=O)CC(N)C(C)(C)C)n1. The van der Waals surface area contributed by atoms with E-state index in [1.165, 1.54) is 0 Å². The third-order valence-electron chi connectivity index (χ3n) is 2.62. The second-order valence-electron chi connectivity index (χ2n) is 5.34. The van der Waals surface area contributed by atoms with E-state index in [9.17, 15) is 4.79 Å². The Balaban J connectivity index is 2.36. The number of thiazole rings is 1. The van der Waals surface area contributed by atoms with E-state index in [4.69, 9.17) is 5.73 Å². The van der Waals surface area contributed by atoms with Gasteiger partial charge in [0.1, 0.15) is 5.01 Å². The molecule has 1 aromatic heterocycles. The van der Waals surface area contributed by atoms with Gasteiger partial charge in [-0.2, -0.15) is 0 Å². The smallest absolute Gasteiger partial charge is 0.221 e. The Morgan fingerprint density at radius 2 is 2.24 bits per heavy atom. The van der Waals surface area contributed by atoms with Crippen LogP contribution in [-0.4, -0.2) is 16.9 Å². The van der Waals surface area contributed by atoms with E-state index >= 15 is 0 Å². The van der Waals surface area contributed by atoms with Crippen LogP contribution in [0.2, 0.25) is 0 Å². The van der Waals surface area contributed by atoms with Crippen LogP contribution in [0.5, 0.6) is 0 Å². The molecule has 1 amide bonds. The van der Waals surface area contributed by atoms with Crippen LogP contribution in [0.15, 0.2) is 5.38 Å². The molecule has 1 heterocycles. The molecule has 5 heteroatoms. The molecule has 1 unspecified atom stereocenters. The maximum absolute atomic E-state index is 11.7. The Kier molecular flexibility index (Phi) is 4.65. The molecule has 1 rings (SSSR count). The van der Waals surface area contributed by atoms with Crippen molar-refractivity contribution < 1.29 is 4.79 Å². The fourth-order valence-corrected chi connectivity index (χ4v) is 1.95. The van der Waals surface area contributed by atoms with Crippen molar-refractivity contribution in [2.24, 2.45) is 11.1 Å². The molecule has 0 saturated heterocycles. The molecule has 0 spiro atoms. The van der Waals surface area contributed by atoms with E-state index < -0.39 is 0 Å². The molecule has 0 radical (unpaired) electrons. The van der Waals surface area contributed by atoms with Gasteiger partial charge in [-0.3, -0.25) is 4.79 Å². The van der Waals surface area contributed by atoms with Crippen LogP contribution in [-0.2, 0) is 11.3 Å². The standard InChI is InChI=1S/C12H21N3OS/c1-8-7-17-11(15-8)6-14-10(16)5-9(13)12(2,3)4/h7,9H,5-6,13H2,1-4H3,(H,14,16). The molecule has 0 aliphatic carbocycles. The van der Waals surface area contributed by atoms with Crippen LogP contribution in [0.4, 0.5) is 0 Å². The summed E-state index contributed by atoms with van der Waals surface area (Å²) < 4.78 is 0. The molecule has 0 aromatic carbocycles. The third-order valence-corrected chi connectivity index (χ3v) is 3.59. The highest BCUT2D eigenvalue weighted by molar-refractivity contribution is 7.09. The van der Waals surface area contributed by atoms with E-state index in [2.05, 4.69) is 10.3 Å². The van der Waals surface area contributed by atoms with Gasteiger partial charge >= 0.3 is 0 Å². The molecule has 0 saturated carbocycles. The molecular formula is C12H21N3OS. The molecule has 0 aliphatic heterocycles. The van der Waals surface area contributed by atoms with Crippen molar-refractivity contribution >= 4 is 17.2 Å². The third kappa shape index (κ3) is 4.83. The van der Waals surface area contributed by atoms with Gasteiger partial charge in [0.05, 0.1) is 6.54 Å². The first-order valence-electron chi connectivity index (χ1n) is 5.72. The minimum atomic E-state index is -0.125. The first-order valence-corrected chi connectivity index (χ1v) is 6.60. The summed E-state index contributed by atoms with van der Waals surface area (Å²) in [5, 5.41) is 5.75. The van der Waals surface area contributed by atoms with Crippen LogP contribution < -0.4 is 11.1 Å². The van der Waals surface area contributed by atoms with Gasteiger partial charge < -0.3 is 11.1 Å². The number of aromatic nitrogens is 1. The highest BCUT2D eigenvalue weighted by Gasteiger charge is 2.22. The first kappa shape index (κ1) is 14.1. The normalized spacial score (nSPS) is 13.5. The van der Waals surface area contributed by atoms with Gasteiger partial charge in [-0.1, -0.05) is 20.8 Å². The van der Waals surface area contributed by atoms with Crippen molar-refractivity contribution in [3.05, 3.63) is 16.1 Å². The second-order valence-corrected chi connectivity index (χ2v) is 6.28. The number of carbonyl (C=O) groups is 1. The molecule has 1 atom stereocenters. The number of amides is 1. The Hall–Kier alpha value is -0.940. The van der Waals surface area contributed by atoms with E-state index in [-0.39, 0.29) is 17.4 Å². The summed E-state index contributed by atoms with van der Waals surface area (Å²) in [5.74, 6) is -0.0136. The van der Waals surface area contributed by atoms with E-state index in [0.29, 0.717) is 13.0 Å². The molecule has 96 valence electrons. The van der Waals surface area contributed by atoms with Gasteiger partial charge in [-0.05, 0) is 12.3 Å². The molecule has 4 nitrogen and oxygen atoms in total. The number of hydrogen-bond donors (Lipinski definition) is 2. The zero-order valence-corrected chi connectivity index (χ0v) is 11.7. The second kappa shape index (κ2) is 5.60.